The summed E-state index contributed by atoms with van der Waals surface area (Å²) >= 11 is 0. The highest BCUT2D eigenvalue weighted by Crippen LogP contribution is 2.25. The summed E-state index contributed by atoms with van der Waals surface area (Å²) in [6.45, 7) is 0. The molecule has 0 saturated carbocycles. The number of hydrogen-bond donors (Lipinski definition) is 0. The zero-order valence-electron chi connectivity index (χ0n) is 7.66. The van der Waals surface area contributed by atoms with Crippen LogP contribution in [0.5, 0.6) is 0 Å². The lowest BCUT2D eigenvalue weighted by atomic mass is 9.96. The van der Waals surface area contributed by atoms with E-state index >= 15 is 0 Å². The van der Waals surface area contributed by atoms with Crippen LogP contribution >= 0.6 is 0 Å². The first-order valence-electron chi connectivity index (χ1n) is 4.39. The second-order valence-electron chi connectivity index (χ2n) is 3.09. The summed E-state index contributed by atoms with van der Waals surface area (Å²) in [6, 6.07) is 0. The number of allylic oxidation sites excluding steroid dienone is 9. The lowest BCUT2D eigenvalue weighted by molar-refractivity contribution is 0.302. The number of fused-ring (bicyclic) bond motifs is 2. The molecule has 0 saturated heterocycles. The van der Waals surface area contributed by atoms with Crippen molar-refractivity contribution in [3.05, 3.63) is 59.4 Å². The molecule has 0 aromatic heterocycles. The van der Waals surface area contributed by atoms with Crippen LogP contribution in [0.15, 0.2) is 59.4 Å². The fourth-order valence-corrected chi connectivity index (χ4v) is 1.53. The minimum absolute atomic E-state index is 0.973. The van der Waals surface area contributed by atoms with Gasteiger partial charge >= 0.3 is 0 Å². The Hall–Kier alpha value is -1.50. The molecule has 0 heterocycles. The third-order valence-corrected chi connectivity index (χ3v) is 2.21. The van der Waals surface area contributed by atoms with Crippen molar-refractivity contribution in [2.75, 3.05) is 7.11 Å². The minimum atomic E-state index is 0.973. The Balaban J connectivity index is 2.45. The Labute approximate surface area is 78.4 Å². The van der Waals surface area contributed by atoms with Gasteiger partial charge in [-0.05, 0) is 17.2 Å². The maximum absolute atomic E-state index is 5.26. The van der Waals surface area contributed by atoms with Crippen LogP contribution in [0.1, 0.15) is 6.42 Å². The second kappa shape index (κ2) is 3.48. The first-order valence-corrected chi connectivity index (χ1v) is 4.39. The first-order chi connectivity index (χ1) is 6.40. The van der Waals surface area contributed by atoms with Crippen molar-refractivity contribution in [3.63, 3.8) is 0 Å². The van der Waals surface area contributed by atoms with E-state index in [1.165, 1.54) is 11.1 Å². The Kier molecular flexibility index (Phi) is 2.17. The van der Waals surface area contributed by atoms with Gasteiger partial charge in [-0.3, -0.25) is 0 Å². The smallest absolute Gasteiger partial charge is 0.122 e. The monoisotopic (exact) mass is 172 g/mol. The quantitative estimate of drug-likeness (QED) is 0.591. The molecule has 0 unspecified atom stereocenters. The van der Waals surface area contributed by atoms with Gasteiger partial charge in [0, 0.05) is 6.42 Å². The van der Waals surface area contributed by atoms with Crippen LogP contribution in [0.3, 0.4) is 0 Å². The summed E-state index contributed by atoms with van der Waals surface area (Å²) < 4.78 is 5.26. The lowest BCUT2D eigenvalue weighted by Gasteiger charge is -2.14. The van der Waals surface area contributed by atoms with Crippen LogP contribution in [-0.4, -0.2) is 7.11 Å². The molecule has 13 heavy (non-hydrogen) atoms. The van der Waals surface area contributed by atoms with Gasteiger partial charge in [-0.25, -0.2) is 0 Å². The van der Waals surface area contributed by atoms with Crippen molar-refractivity contribution in [2.24, 2.45) is 0 Å². The molecule has 0 amide bonds. The van der Waals surface area contributed by atoms with Crippen LogP contribution in [0.2, 0.25) is 0 Å². The molecule has 0 aromatic carbocycles. The molecule has 1 nitrogen and oxygen atoms in total. The van der Waals surface area contributed by atoms with Crippen molar-refractivity contribution in [1.29, 1.82) is 0 Å². The van der Waals surface area contributed by atoms with E-state index in [9.17, 15) is 0 Å². The fourth-order valence-electron chi connectivity index (χ4n) is 1.53. The van der Waals surface area contributed by atoms with E-state index in [1.54, 1.807) is 7.11 Å². The number of rotatable bonds is 1. The van der Waals surface area contributed by atoms with Crippen molar-refractivity contribution in [1.82, 2.24) is 0 Å². The van der Waals surface area contributed by atoms with E-state index in [0.29, 0.717) is 0 Å². The summed E-state index contributed by atoms with van der Waals surface area (Å²) in [5, 5.41) is 0. The van der Waals surface area contributed by atoms with Gasteiger partial charge < -0.3 is 4.74 Å². The SMILES string of the molecule is COC1=C2C=CC=CC=C(C=C1)C2. The molecule has 0 atom stereocenters. The highest BCUT2D eigenvalue weighted by atomic mass is 16.5. The predicted molar refractivity (Wildman–Crippen MR) is 54.2 cm³/mol. The van der Waals surface area contributed by atoms with Crippen LogP contribution in [0.4, 0.5) is 0 Å². The summed E-state index contributed by atoms with van der Waals surface area (Å²) in [5.74, 6) is 0.976. The van der Waals surface area contributed by atoms with Crippen LogP contribution < -0.4 is 0 Å². The van der Waals surface area contributed by atoms with E-state index in [0.717, 1.165) is 12.2 Å². The van der Waals surface area contributed by atoms with Gasteiger partial charge in [-0.2, -0.15) is 0 Å². The summed E-state index contributed by atoms with van der Waals surface area (Å²) in [4.78, 5) is 0. The Morgan fingerprint density at radius 3 is 2.85 bits per heavy atom. The number of hydrogen-bond acceptors (Lipinski definition) is 1. The standard InChI is InChI=1S/C12H12O/c1-13-12-8-7-10-5-3-2-4-6-11(12)9-10/h2-8H,9H2,1H3. The molecule has 2 aliphatic carbocycles. The van der Waals surface area contributed by atoms with Crippen LogP contribution in [-0.2, 0) is 4.74 Å². The average molecular weight is 172 g/mol. The number of ether oxygens (including phenoxy) is 1. The molecule has 66 valence electrons. The molecule has 0 fully saturated rings. The Morgan fingerprint density at radius 1 is 1.08 bits per heavy atom. The molecule has 0 aliphatic heterocycles. The van der Waals surface area contributed by atoms with Gasteiger partial charge in [-0.1, -0.05) is 36.5 Å². The van der Waals surface area contributed by atoms with E-state index in [2.05, 4.69) is 24.3 Å². The maximum atomic E-state index is 5.26. The van der Waals surface area contributed by atoms with Crippen molar-refractivity contribution in [3.8, 4) is 0 Å². The van der Waals surface area contributed by atoms with Crippen LogP contribution in [0.25, 0.3) is 0 Å². The van der Waals surface area contributed by atoms with Gasteiger partial charge in [0.25, 0.3) is 0 Å². The molecular weight excluding hydrogens is 160 g/mol. The predicted octanol–water partition coefficient (Wildman–Crippen LogP) is 2.90. The largest absolute Gasteiger partial charge is 0.496 e. The molecule has 2 rings (SSSR count). The third-order valence-electron chi connectivity index (χ3n) is 2.21. The Bertz CT molecular complexity index is 351. The summed E-state index contributed by atoms with van der Waals surface area (Å²) in [7, 11) is 1.71. The molecular formula is C12H12O. The van der Waals surface area contributed by atoms with E-state index in [4.69, 9.17) is 4.74 Å². The van der Waals surface area contributed by atoms with E-state index < -0.39 is 0 Å². The normalized spacial score (nSPS) is 19.6. The zero-order valence-corrected chi connectivity index (χ0v) is 7.66. The van der Waals surface area contributed by atoms with Gasteiger partial charge in [-0.15, -0.1) is 0 Å². The average Bonchev–Trinajstić information content (AvgIpc) is 2.14. The highest BCUT2D eigenvalue weighted by Gasteiger charge is 2.09. The molecule has 1 heteroatoms. The molecule has 0 radical (unpaired) electrons. The first kappa shape index (κ1) is 8.11. The second-order valence-corrected chi connectivity index (χ2v) is 3.09. The molecule has 0 N–H and O–H groups in total. The van der Waals surface area contributed by atoms with E-state index in [1.807, 2.05) is 18.2 Å². The zero-order chi connectivity index (χ0) is 9.10. The Morgan fingerprint density at radius 2 is 2.00 bits per heavy atom. The molecule has 0 spiro atoms. The summed E-state index contributed by atoms with van der Waals surface area (Å²) in [5.41, 5.74) is 2.58. The van der Waals surface area contributed by atoms with Crippen molar-refractivity contribution < 1.29 is 4.74 Å². The lowest BCUT2D eigenvalue weighted by Crippen LogP contribution is -1.97. The van der Waals surface area contributed by atoms with Crippen molar-refractivity contribution in [2.45, 2.75) is 6.42 Å². The fraction of sp³-hybridized carbons (Fsp3) is 0.167. The highest BCUT2D eigenvalue weighted by molar-refractivity contribution is 5.45. The minimum Gasteiger partial charge on any atom is -0.496 e. The molecule has 0 aromatic rings. The summed E-state index contributed by atoms with van der Waals surface area (Å²) in [6.07, 6.45) is 15.5. The van der Waals surface area contributed by atoms with Gasteiger partial charge in [0.15, 0.2) is 0 Å². The number of methoxy groups -OCH3 is 1. The van der Waals surface area contributed by atoms with Crippen molar-refractivity contribution >= 4 is 0 Å². The molecule has 2 bridgehead atoms. The molecule has 2 aliphatic rings. The third kappa shape index (κ3) is 1.64. The van der Waals surface area contributed by atoms with Gasteiger partial charge in [0.05, 0.1) is 7.11 Å². The topological polar surface area (TPSA) is 9.23 Å². The maximum Gasteiger partial charge on any atom is 0.122 e. The van der Waals surface area contributed by atoms with E-state index in [-0.39, 0.29) is 0 Å². The van der Waals surface area contributed by atoms with Gasteiger partial charge in [0.2, 0.25) is 0 Å². The van der Waals surface area contributed by atoms with Gasteiger partial charge in [0.1, 0.15) is 5.76 Å². The van der Waals surface area contributed by atoms with Crippen LogP contribution in [0, 0.1) is 0 Å².